The number of esters is 3. The maximum absolute atomic E-state index is 12.9. The van der Waals surface area contributed by atoms with E-state index >= 15 is 0 Å². The molecule has 0 aromatic heterocycles. The van der Waals surface area contributed by atoms with Gasteiger partial charge in [-0.1, -0.05) is 306 Å². The minimum atomic E-state index is -0.808. The molecule has 0 aliphatic rings. The predicted octanol–water partition coefficient (Wildman–Crippen LogP) is 22.5. The van der Waals surface area contributed by atoms with Crippen molar-refractivity contribution in [3.63, 3.8) is 0 Å². The van der Waals surface area contributed by atoms with E-state index in [1.54, 1.807) is 0 Å². The van der Waals surface area contributed by atoms with Gasteiger partial charge in [0.2, 0.25) is 0 Å². The molecule has 0 aliphatic heterocycles. The lowest BCUT2D eigenvalue weighted by atomic mass is 10.0. The van der Waals surface area contributed by atoms with Gasteiger partial charge in [0.15, 0.2) is 6.10 Å². The first kappa shape index (κ1) is 72.8. The summed E-state index contributed by atoms with van der Waals surface area (Å²) in [6.45, 7) is 6.50. The van der Waals surface area contributed by atoms with Crippen LogP contribution in [0.4, 0.5) is 0 Å². The molecule has 6 nitrogen and oxygen atoms in total. The summed E-state index contributed by atoms with van der Waals surface area (Å²) in [5.41, 5.74) is 0. The van der Waals surface area contributed by atoms with Gasteiger partial charge in [-0.25, -0.2) is 0 Å². The van der Waals surface area contributed by atoms with Crippen molar-refractivity contribution in [1.82, 2.24) is 0 Å². The number of rotatable bonds is 60. The molecule has 6 heteroatoms. The number of allylic oxidation sites excluding steroid dienone is 12. The van der Waals surface area contributed by atoms with Crippen molar-refractivity contribution in [2.45, 2.75) is 341 Å². The molecule has 0 amide bonds. The number of carbonyl (C=O) groups excluding carboxylic acids is 3. The minimum absolute atomic E-state index is 0.0979. The SMILES string of the molecule is CC/C=C\C/C=C\C/C=C\C/C=C\C/C=C\CCCC(=O)OC(COC(=O)CCCCCCC/C=C\CCCCCC)COC(=O)CCCCCCCCCCCCCCCCCCCCCCCCCCCCCC. The Morgan fingerprint density at radius 3 is 0.868 bits per heavy atom. The van der Waals surface area contributed by atoms with Crippen LogP contribution in [0, 0.1) is 0 Å². The lowest BCUT2D eigenvalue weighted by molar-refractivity contribution is -0.167. The van der Waals surface area contributed by atoms with Gasteiger partial charge < -0.3 is 14.2 Å². The standard InChI is InChI=1S/C70H124O6/c1-4-7-10-13-16-19-22-25-27-29-30-31-32-33-34-35-36-37-38-39-41-42-45-48-51-54-57-60-63-69(72)75-66-67(65-74-68(71)62-59-56-53-50-47-44-24-21-18-15-12-9-6-3)76-70(73)64-61-58-55-52-49-46-43-40-28-26-23-20-17-14-11-8-5-2/h8,11,17,20-21,24,26,28,43,46,52,55,67H,4-7,9-10,12-16,18-19,22-23,25,27,29-42,44-45,47-51,53-54,56-66H2,1-3H3/b11-8-,20-17-,24-21-,28-26-,46-43-,55-52-. The van der Waals surface area contributed by atoms with Crippen LogP contribution >= 0.6 is 0 Å². The summed E-state index contributed by atoms with van der Waals surface area (Å²) in [7, 11) is 0. The summed E-state index contributed by atoms with van der Waals surface area (Å²) < 4.78 is 16.9. The van der Waals surface area contributed by atoms with Gasteiger partial charge in [0, 0.05) is 19.3 Å². The first-order valence-corrected chi connectivity index (χ1v) is 32.9. The third-order valence-corrected chi connectivity index (χ3v) is 14.4. The lowest BCUT2D eigenvalue weighted by Crippen LogP contribution is -2.30. The van der Waals surface area contributed by atoms with Crippen LogP contribution < -0.4 is 0 Å². The fourth-order valence-electron chi connectivity index (χ4n) is 9.54. The predicted molar refractivity (Wildman–Crippen MR) is 330 cm³/mol. The Balaban J connectivity index is 4.26. The molecule has 1 atom stereocenters. The zero-order valence-corrected chi connectivity index (χ0v) is 50.5. The molecule has 0 saturated carbocycles. The molecular weight excluding hydrogens is 937 g/mol. The molecule has 0 N–H and O–H groups in total. The Kier molecular flexibility index (Phi) is 61.7. The average molecular weight is 1060 g/mol. The molecule has 0 spiro atoms. The van der Waals surface area contributed by atoms with Crippen LogP contribution in [0.5, 0.6) is 0 Å². The van der Waals surface area contributed by atoms with Gasteiger partial charge in [0.1, 0.15) is 13.2 Å². The van der Waals surface area contributed by atoms with Gasteiger partial charge in [-0.3, -0.25) is 14.4 Å². The zero-order valence-electron chi connectivity index (χ0n) is 50.5. The summed E-state index contributed by atoms with van der Waals surface area (Å²) in [6.07, 6.45) is 83.7. The highest BCUT2D eigenvalue weighted by Gasteiger charge is 2.19. The van der Waals surface area contributed by atoms with Gasteiger partial charge in [-0.15, -0.1) is 0 Å². The molecule has 76 heavy (non-hydrogen) atoms. The fourth-order valence-corrected chi connectivity index (χ4v) is 9.54. The maximum Gasteiger partial charge on any atom is 0.306 e. The van der Waals surface area contributed by atoms with E-state index < -0.39 is 6.10 Å². The Bertz CT molecular complexity index is 1400. The molecule has 0 fully saturated rings. The van der Waals surface area contributed by atoms with Crippen molar-refractivity contribution in [2.75, 3.05) is 13.2 Å². The molecule has 0 saturated heterocycles. The second-order valence-corrected chi connectivity index (χ2v) is 22.0. The Labute approximate surface area is 472 Å². The highest BCUT2D eigenvalue weighted by atomic mass is 16.6. The summed E-state index contributed by atoms with van der Waals surface area (Å²) in [5.74, 6) is -0.952. The summed E-state index contributed by atoms with van der Waals surface area (Å²) >= 11 is 0. The molecule has 0 aromatic rings. The molecule has 1 unspecified atom stereocenters. The molecule has 0 aromatic carbocycles. The highest BCUT2D eigenvalue weighted by Crippen LogP contribution is 2.18. The topological polar surface area (TPSA) is 78.9 Å². The van der Waals surface area contributed by atoms with Crippen LogP contribution in [0.15, 0.2) is 72.9 Å². The fraction of sp³-hybridized carbons (Fsp3) is 0.786. The first-order valence-electron chi connectivity index (χ1n) is 32.9. The number of carbonyl (C=O) groups is 3. The van der Waals surface area contributed by atoms with E-state index in [0.717, 1.165) is 83.5 Å². The van der Waals surface area contributed by atoms with Gasteiger partial charge in [-0.2, -0.15) is 0 Å². The van der Waals surface area contributed by atoms with Crippen LogP contribution in [0.2, 0.25) is 0 Å². The summed E-state index contributed by atoms with van der Waals surface area (Å²) in [6, 6.07) is 0. The first-order chi connectivity index (χ1) is 37.5. The third kappa shape index (κ3) is 61.7. The third-order valence-electron chi connectivity index (χ3n) is 14.4. The average Bonchev–Trinajstić information content (AvgIpc) is 3.42. The van der Waals surface area contributed by atoms with Crippen LogP contribution in [0.3, 0.4) is 0 Å². The molecule has 0 radical (unpaired) electrons. The van der Waals surface area contributed by atoms with Crippen LogP contribution in [-0.2, 0) is 28.6 Å². The van der Waals surface area contributed by atoms with Crippen LogP contribution in [-0.4, -0.2) is 37.2 Å². The van der Waals surface area contributed by atoms with Crippen molar-refractivity contribution in [3.8, 4) is 0 Å². The van der Waals surface area contributed by atoms with Crippen molar-refractivity contribution < 1.29 is 28.6 Å². The monoisotopic (exact) mass is 1060 g/mol. The Morgan fingerprint density at radius 2 is 0.526 bits per heavy atom. The molecule has 0 rings (SSSR count). The van der Waals surface area contributed by atoms with Gasteiger partial charge in [0.25, 0.3) is 0 Å². The van der Waals surface area contributed by atoms with Gasteiger partial charge in [-0.05, 0) is 83.5 Å². The van der Waals surface area contributed by atoms with Gasteiger partial charge in [0.05, 0.1) is 0 Å². The highest BCUT2D eigenvalue weighted by molar-refractivity contribution is 5.71. The van der Waals surface area contributed by atoms with E-state index in [0.29, 0.717) is 19.3 Å². The minimum Gasteiger partial charge on any atom is -0.462 e. The number of hydrogen-bond acceptors (Lipinski definition) is 6. The van der Waals surface area contributed by atoms with Crippen molar-refractivity contribution in [2.24, 2.45) is 0 Å². The van der Waals surface area contributed by atoms with E-state index in [4.69, 9.17) is 14.2 Å². The van der Waals surface area contributed by atoms with E-state index in [1.807, 2.05) is 0 Å². The van der Waals surface area contributed by atoms with Crippen LogP contribution in [0.1, 0.15) is 335 Å². The van der Waals surface area contributed by atoms with E-state index in [2.05, 4.69) is 93.7 Å². The number of hydrogen-bond donors (Lipinski definition) is 0. The smallest absolute Gasteiger partial charge is 0.306 e. The van der Waals surface area contributed by atoms with E-state index in [1.165, 1.54) is 205 Å². The van der Waals surface area contributed by atoms with E-state index in [9.17, 15) is 14.4 Å². The second kappa shape index (κ2) is 64.4. The largest absolute Gasteiger partial charge is 0.462 e. The summed E-state index contributed by atoms with van der Waals surface area (Å²) in [4.78, 5) is 38.2. The van der Waals surface area contributed by atoms with Crippen molar-refractivity contribution in [1.29, 1.82) is 0 Å². The quantitative estimate of drug-likeness (QED) is 0.0261. The zero-order chi connectivity index (χ0) is 55.0. The maximum atomic E-state index is 12.9. The van der Waals surface area contributed by atoms with E-state index in [-0.39, 0.29) is 37.5 Å². The molecular formula is C70H124O6. The normalized spacial score (nSPS) is 12.5. The Hall–Kier alpha value is -3.15. The molecule has 0 bridgehead atoms. The molecule has 440 valence electrons. The lowest BCUT2D eigenvalue weighted by Gasteiger charge is -2.18. The summed E-state index contributed by atoms with van der Waals surface area (Å²) in [5, 5.41) is 0. The molecule has 0 aliphatic carbocycles. The molecule has 0 heterocycles. The Morgan fingerprint density at radius 1 is 0.276 bits per heavy atom. The number of unbranched alkanes of at least 4 members (excludes halogenated alkanes) is 37. The number of ether oxygens (including phenoxy) is 3. The second-order valence-electron chi connectivity index (χ2n) is 22.0. The van der Waals surface area contributed by atoms with Gasteiger partial charge >= 0.3 is 17.9 Å². The van der Waals surface area contributed by atoms with Crippen LogP contribution in [0.25, 0.3) is 0 Å². The van der Waals surface area contributed by atoms with Crippen molar-refractivity contribution >= 4 is 17.9 Å². The van der Waals surface area contributed by atoms with Crippen molar-refractivity contribution in [3.05, 3.63) is 72.9 Å².